The molecule has 3 rings (SSSR count). The first-order valence-electron chi connectivity index (χ1n) is 7.17. The number of anilines is 2. The fourth-order valence-corrected chi connectivity index (χ4v) is 2.78. The number of hydrogen-bond donors (Lipinski definition) is 1. The Labute approximate surface area is 159 Å². The zero-order chi connectivity index (χ0) is 18.9. The smallest absolute Gasteiger partial charge is 0.339 e. The SMILES string of the molecule is Fc1ccc(Nc2cc(Cl)nc(-c3ccc(C(F)(F)F)cc3)n2)c(Br)c1. The number of nitrogens with zero attached hydrogens (tertiary/aromatic N) is 2. The van der Waals surface area contributed by atoms with E-state index in [2.05, 4.69) is 31.2 Å². The molecule has 0 radical (unpaired) electrons. The molecule has 1 heterocycles. The molecule has 3 aromatic rings. The number of benzene rings is 2. The summed E-state index contributed by atoms with van der Waals surface area (Å²) in [6.45, 7) is 0. The van der Waals surface area contributed by atoms with Crippen LogP contribution in [-0.2, 0) is 6.18 Å². The van der Waals surface area contributed by atoms with Crippen molar-refractivity contribution in [3.05, 3.63) is 69.5 Å². The van der Waals surface area contributed by atoms with E-state index in [9.17, 15) is 17.6 Å². The zero-order valence-corrected chi connectivity index (χ0v) is 15.1. The monoisotopic (exact) mass is 445 g/mol. The molecule has 0 unspecified atom stereocenters. The van der Waals surface area contributed by atoms with E-state index in [4.69, 9.17) is 11.6 Å². The first kappa shape index (κ1) is 18.6. The lowest BCUT2D eigenvalue weighted by atomic mass is 10.1. The van der Waals surface area contributed by atoms with Crippen molar-refractivity contribution in [3.63, 3.8) is 0 Å². The van der Waals surface area contributed by atoms with Crippen molar-refractivity contribution in [2.75, 3.05) is 5.32 Å². The Morgan fingerprint density at radius 3 is 2.27 bits per heavy atom. The van der Waals surface area contributed by atoms with Crippen molar-refractivity contribution in [3.8, 4) is 11.4 Å². The van der Waals surface area contributed by atoms with Crippen molar-refractivity contribution in [2.24, 2.45) is 0 Å². The molecule has 9 heteroatoms. The summed E-state index contributed by atoms with van der Waals surface area (Å²) < 4.78 is 51.6. The van der Waals surface area contributed by atoms with Gasteiger partial charge in [-0.15, -0.1) is 0 Å². The molecule has 0 aliphatic heterocycles. The molecule has 26 heavy (non-hydrogen) atoms. The molecular formula is C17H9BrClF4N3. The fraction of sp³-hybridized carbons (Fsp3) is 0.0588. The topological polar surface area (TPSA) is 37.8 Å². The predicted octanol–water partition coefficient (Wildman–Crippen LogP) is 6.46. The normalized spacial score (nSPS) is 11.5. The average molecular weight is 447 g/mol. The Morgan fingerprint density at radius 2 is 1.65 bits per heavy atom. The second kappa shape index (κ2) is 7.20. The first-order valence-corrected chi connectivity index (χ1v) is 8.34. The van der Waals surface area contributed by atoms with Crippen molar-refractivity contribution in [1.82, 2.24) is 9.97 Å². The highest BCUT2D eigenvalue weighted by atomic mass is 79.9. The molecule has 0 saturated heterocycles. The summed E-state index contributed by atoms with van der Waals surface area (Å²) in [7, 11) is 0. The molecule has 0 bridgehead atoms. The van der Waals surface area contributed by atoms with Gasteiger partial charge >= 0.3 is 6.18 Å². The lowest BCUT2D eigenvalue weighted by Gasteiger charge is -2.10. The molecular weight excluding hydrogens is 438 g/mol. The van der Waals surface area contributed by atoms with Gasteiger partial charge in [0.2, 0.25) is 0 Å². The van der Waals surface area contributed by atoms with Crippen LogP contribution in [0.1, 0.15) is 5.56 Å². The standard InChI is InChI=1S/C17H9BrClF4N3/c18-12-7-11(20)5-6-13(12)24-15-8-14(19)25-16(26-15)9-1-3-10(4-2-9)17(21,22)23/h1-8H,(H,24,25,26). The second-order valence-electron chi connectivity index (χ2n) is 5.22. The molecule has 0 spiro atoms. The largest absolute Gasteiger partial charge is 0.416 e. The minimum atomic E-state index is -4.42. The minimum Gasteiger partial charge on any atom is -0.339 e. The van der Waals surface area contributed by atoms with Crippen molar-refractivity contribution >= 4 is 39.0 Å². The number of rotatable bonds is 3. The highest BCUT2D eigenvalue weighted by Crippen LogP contribution is 2.31. The van der Waals surface area contributed by atoms with Crippen LogP contribution in [0.2, 0.25) is 5.15 Å². The summed E-state index contributed by atoms with van der Waals surface area (Å²) in [5.41, 5.74) is 0.151. The van der Waals surface area contributed by atoms with Gasteiger partial charge in [-0.25, -0.2) is 14.4 Å². The van der Waals surface area contributed by atoms with Gasteiger partial charge in [0.25, 0.3) is 0 Å². The van der Waals surface area contributed by atoms with E-state index in [0.29, 0.717) is 21.5 Å². The van der Waals surface area contributed by atoms with Crippen LogP contribution in [-0.4, -0.2) is 9.97 Å². The van der Waals surface area contributed by atoms with E-state index in [1.165, 1.54) is 36.4 Å². The quantitative estimate of drug-likeness (QED) is 0.370. The summed E-state index contributed by atoms with van der Waals surface area (Å²) >= 11 is 9.22. The highest BCUT2D eigenvalue weighted by molar-refractivity contribution is 9.10. The van der Waals surface area contributed by atoms with Gasteiger partial charge in [0, 0.05) is 16.1 Å². The molecule has 0 atom stereocenters. The molecule has 1 N–H and O–H groups in total. The Hall–Kier alpha value is -2.19. The highest BCUT2D eigenvalue weighted by Gasteiger charge is 2.30. The van der Waals surface area contributed by atoms with Crippen molar-refractivity contribution in [2.45, 2.75) is 6.18 Å². The maximum Gasteiger partial charge on any atom is 0.416 e. The van der Waals surface area contributed by atoms with E-state index in [-0.39, 0.29) is 11.0 Å². The van der Waals surface area contributed by atoms with E-state index >= 15 is 0 Å². The molecule has 3 nitrogen and oxygen atoms in total. The van der Waals surface area contributed by atoms with Crippen LogP contribution < -0.4 is 5.32 Å². The Kier molecular flexibility index (Phi) is 5.15. The molecule has 0 aliphatic rings. The van der Waals surface area contributed by atoms with E-state index in [1.807, 2.05) is 0 Å². The van der Waals surface area contributed by atoms with Crippen LogP contribution in [0.3, 0.4) is 0 Å². The van der Waals surface area contributed by atoms with Crippen LogP contribution >= 0.6 is 27.5 Å². The van der Waals surface area contributed by atoms with E-state index < -0.39 is 17.6 Å². The van der Waals surface area contributed by atoms with Gasteiger partial charge in [-0.1, -0.05) is 23.7 Å². The number of halogens is 6. The Balaban J connectivity index is 1.92. The molecule has 134 valence electrons. The number of alkyl halides is 3. The Bertz CT molecular complexity index is 946. The lowest BCUT2D eigenvalue weighted by molar-refractivity contribution is -0.137. The number of aromatic nitrogens is 2. The third-order valence-electron chi connectivity index (χ3n) is 3.36. The third kappa shape index (κ3) is 4.31. The summed E-state index contributed by atoms with van der Waals surface area (Å²) in [5, 5.41) is 3.06. The van der Waals surface area contributed by atoms with Gasteiger partial charge in [0.05, 0.1) is 11.3 Å². The molecule has 0 aliphatic carbocycles. The molecule has 0 fully saturated rings. The van der Waals surface area contributed by atoms with Gasteiger partial charge in [-0.05, 0) is 46.3 Å². The van der Waals surface area contributed by atoms with E-state index in [1.54, 1.807) is 0 Å². The Morgan fingerprint density at radius 1 is 0.962 bits per heavy atom. The minimum absolute atomic E-state index is 0.107. The summed E-state index contributed by atoms with van der Waals surface area (Å²) in [5.74, 6) is 0.0627. The van der Waals surface area contributed by atoms with Crippen LogP contribution in [0.25, 0.3) is 11.4 Å². The van der Waals surface area contributed by atoms with Gasteiger partial charge < -0.3 is 5.32 Å². The van der Waals surface area contributed by atoms with Crippen LogP contribution in [0.5, 0.6) is 0 Å². The number of hydrogen-bond acceptors (Lipinski definition) is 3. The molecule has 2 aromatic carbocycles. The van der Waals surface area contributed by atoms with Crippen molar-refractivity contribution < 1.29 is 17.6 Å². The van der Waals surface area contributed by atoms with Gasteiger partial charge in [0.1, 0.15) is 16.8 Å². The number of nitrogens with one attached hydrogen (secondary N) is 1. The maximum atomic E-state index is 13.2. The zero-order valence-electron chi connectivity index (χ0n) is 12.8. The third-order valence-corrected chi connectivity index (χ3v) is 4.21. The van der Waals surface area contributed by atoms with E-state index in [0.717, 1.165) is 12.1 Å². The first-order chi connectivity index (χ1) is 12.2. The fourth-order valence-electron chi connectivity index (χ4n) is 2.15. The van der Waals surface area contributed by atoms with Crippen LogP contribution in [0.4, 0.5) is 29.1 Å². The average Bonchev–Trinajstić information content (AvgIpc) is 2.56. The van der Waals surface area contributed by atoms with Gasteiger partial charge in [0.15, 0.2) is 5.82 Å². The van der Waals surface area contributed by atoms with Crippen LogP contribution in [0.15, 0.2) is 53.0 Å². The van der Waals surface area contributed by atoms with Crippen LogP contribution in [0, 0.1) is 5.82 Å². The molecule has 1 aromatic heterocycles. The lowest BCUT2D eigenvalue weighted by Crippen LogP contribution is -2.04. The van der Waals surface area contributed by atoms with Gasteiger partial charge in [-0.3, -0.25) is 0 Å². The maximum absolute atomic E-state index is 13.2. The van der Waals surface area contributed by atoms with Crippen molar-refractivity contribution in [1.29, 1.82) is 0 Å². The predicted molar refractivity (Wildman–Crippen MR) is 94.9 cm³/mol. The molecule has 0 saturated carbocycles. The molecule has 0 amide bonds. The summed E-state index contributed by atoms with van der Waals surface area (Å²) in [6, 6.07) is 9.94. The summed E-state index contributed by atoms with van der Waals surface area (Å²) in [4.78, 5) is 8.29. The second-order valence-corrected chi connectivity index (χ2v) is 6.47. The van der Waals surface area contributed by atoms with Gasteiger partial charge in [-0.2, -0.15) is 13.2 Å². The summed E-state index contributed by atoms with van der Waals surface area (Å²) in [6.07, 6.45) is -4.42.